The van der Waals surface area contributed by atoms with Crippen molar-refractivity contribution in [2.45, 2.75) is 12.8 Å². The van der Waals surface area contributed by atoms with Gasteiger partial charge in [-0.1, -0.05) is 0 Å². The molecule has 0 unspecified atom stereocenters. The lowest BCUT2D eigenvalue weighted by molar-refractivity contribution is -0.120. The molecule has 1 amide bonds. The zero-order valence-electron chi connectivity index (χ0n) is 14.1. The number of amides is 1. The van der Waals surface area contributed by atoms with Crippen LogP contribution in [0.3, 0.4) is 0 Å². The van der Waals surface area contributed by atoms with Gasteiger partial charge < -0.3 is 20.5 Å². The molecule has 0 saturated carbocycles. The van der Waals surface area contributed by atoms with Gasteiger partial charge >= 0.3 is 0 Å². The Hall–Kier alpha value is -1.54. The summed E-state index contributed by atoms with van der Waals surface area (Å²) in [6.45, 7) is 1.17. The Kier molecular flexibility index (Phi) is 11.2. The molecule has 2 rings (SSSR count). The summed E-state index contributed by atoms with van der Waals surface area (Å²) in [6.07, 6.45) is 1.05. The van der Waals surface area contributed by atoms with E-state index in [0.717, 1.165) is 22.7 Å². The van der Waals surface area contributed by atoms with Crippen LogP contribution in [0.15, 0.2) is 23.6 Å². The van der Waals surface area contributed by atoms with E-state index in [9.17, 15) is 4.79 Å². The van der Waals surface area contributed by atoms with Crippen molar-refractivity contribution in [2.75, 3.05) is 27.3 Å². The van der Waals surface area contributed by atoms with Gasteiger partial charge in [0.1, 0.15) is 5.01 Å². The number of hydrogen-bond acceptors (Lipinski definition) is 6. The topological polar surface area (TPSA) is 86.5 Å². The zero-order chi connectivity index (χ0) is 16.7. The standard InChI is InChI=1S/C16H21N3O3S.2ClH/c1-21-13-5-4-11(8-14(13)22-2)16-19-12(10-23-16)9-15(20)18-7-3-6-17;;/h4-5,8,10H,3,6-7,9,17H2,1-2H3,(H,18,20);2*1H. The summed E-state index contributed by atoms with van der Waals surface area (Å²) in [6, 6.07) is 5.64. The van der Waals surface area contributed by atoms with E-state index in [1.807, 2.05) is 23.6 Å². The van der Waals surface area contributed by atoms with Gasteiger partial charge in [-0.25, -0.2) is 4.98 Å². The number of carbonyl (C=O) groups is 1. The molecule has 1 aromatic carbocycles. The summed E-state index contributed by atoms with van der Waals surface area (Å²) >= 11 is 1.50. The molecule has 9 heteroatoms. The van der Waals surface area contributed by atoms with Crippen LogP contribution in [-0.4, -0.2) is 38.2 Å². The highest BCUT2D eigenvalue weighted by atomic mass is 35.5. The number of nitrogens with zero attached hydrogens (tertiary/aromatic N) is 1. The SMILES string of the molecule is COc1ccc(-c2nc(CC(=O)NCCCN)cs2)cc1OC.Cl.Cl. The molecule has 0 aliphatic heterocycles. The Morgan fingerprint density at radius 1 is 1.24 bits per heavy atom. The third-order valence-electron chi connectivity index (χ3n) is 3.23. The van der Waals surface area contributed by atoms with Crippen molar-refractivity contribution in [1.82, 2.24) is 10.3 Å². The van der Waals surface area contributed by atoms with Gasteiger partial charge in [0, 0.05) is 17.5 Å². The molecule has 0 aliphatic rings. The summed E-state index contributed by atoms with van der Waals surface area (Å²) in [5.74, 6) is 1.29. The minimum atomic E-state index is -0.0392. The maximum absolute atomic E-state index is 11.8. The van der Waals surface area contributed by atoms with Crippen LogP contribution in [0.1, 0.15) is 12.1 Å². The third-order valence-corrected chi connectivity index (χ3v) is 4.17. The van der Waals surface area contributed by atoms with Crippen LogP contribution in [0.2, 0.25) is 0 Å². The van der Waals surface area contributed by atoms with E-state index in [2.05, 4.69) is 10.3 Å². The average molecular weight is 408 g/mol. The van der Waals surface area contributed by atoms with Crippen LogP contribution >= 0.6 is 36.2 Å². The molecule has 0 radical (unpaired) electrons. The van der Waals surface area contributed by atoms with Gasteiger partial charge in [0.2, 0.25) is 5.91 Å². The van der Waals surface area contributed by atoms with Gasteiger partial charge in [-0.15, -0.1) is 36.2 Å². The summed E-state index contributed by atoms with van der Waals surface area (Å²) in [5, 5.41) is 5.56. The van der Waals surface area contributed by atoms with E-state index >= 15 is 0 Å². The molecule has 3 N–H and O–H groups in total. The molecule has 140 valence electrons. The lowest BCUT2D eigenvalue weighted by atomic mass is 10.2. The molecule has 6 nitrogen and oxygen atoms in total. The molecular formula is C16H23Cl2N3O3S. The molecule has 0 spiro atoms. The smallest absolute Gasteiger partial charge is 0.226 e. The molecule has 0 fully saturated rings. The molecule has 25 heavy (non-hydrogen) atoms. The number of nitrogens with two attached hydrogens (primary N) is 1. The molecule has 0 aliphatic carbocycles. The number of nitrogens with one attached hydrogen (secondary N) is 1. The van der Waals surface area contributed by atoms with Gasteiger partial charge in [0.05, 0.1) is 26.3 Å². The lowest BCUT2D eigenvalue weighted by Gasteiger charge is -2.08. The fourth-order valence-corrected chi connectivity index (χ4v) is 2.86. The van der Waals surface area contributed by atoms with Gasteiger partial charge in [-0.3, -0.25) is 4.79 Å². The number of thiazole rings is 1. The summed E-state index contributed by atoms with van der Waals surface area (Å²) < 4.78 is 10.5. The van der Waals surface area contributed by atoms with Crippen LogP contribution in [0.25, 0.3) is 10.6 Å². The molecule has 2 aromatic rings. The number of hydrogen-bond donors (Lipinski definition) is 2. The van der Waals surface area contributed by atoms with Crippen molar-refractivity contribution < 1.29 is 14.3 Å². The minimum absolute atomic E-state index is 0. The van der Waals surface area contributed by atoms with E-state index in [1.165, 1.54) is 11.3 Å². The second kappa shape index (κ2) is 11.9. The monoisotopic (exact) mass is 407 g/mol. The number of aromatic nitrogens is 1. The Bertz CT molecular complexity index is 668. The minimum Gasteiger partial charge on any atom is -0.493 e. The quantitative estimate of drug-likeness (QED) is 0.656. The van der Waals surface area contributed by atoms with E-state index in [-0.39, 0.29) is 37.1 Å². The maximum atomic E-state index is 11.8. The molecule has 0 bridgehead atoms. The highest BCUT2D eigenvalue weighted by molar-refractivity contribution is 7.13. The summed E-state index contributed by atoms with van der Waals surface area (Å²) in [5.41, 5.74) is 7.09. The number of ether oxygens (including phenoxy) is 2. The van der Waals surface area contributed by atoms with Crippen LogP contribution < -0.4 is 20.5 Å². The van der Waals surface area contributed by atoms with E-state index in [1.54, 1.807) is 14.2 Å². The van der Waals surface area contributed by atoms with Crippen molar-refractivity contribution in [3.63, 3.8) is 0 Å². The fourth-order valence-electron chi connectivity index (χ4n) is 2.05. The second-order valence-electron chi connectivity index (χ2n) is 4.88. The van der Waals surface area contributed by atoms with Crippen molar-refractivity contribution >= 4 is 42.1 Å². The first kappa shape index (κ1) is 23.5. The molecule has 0 saturated heterocycles. The van der Waals surface area contributed by atoms with E-state index in [0.29, 0.717) is 24.6 Å². The first-order valence-corrected chi connectivity index (χ1v) is 8.19. The highest BCUT2D eigenvalue weighted by Gasteiger charge is 2.11. The van der Waals surface area contributed by atoms with Gasteiger partial charge in [0.25, 0.3) is 0 Å². The number of halogens is 2. The number of benzene rings is 1. The summed E-state index contributed by atoms with van der Waals surface area (Å²) in [4.78, 5) is 16.3. The predicted molar refractivity (Wildman–Crippen MR) is 106 cm³/mol. The third kappa shape index (κ3) is 6.70. The number of rotatable bonds is 8. The summed E-state index contributed by atoms with van der Waals surface area (Å²) in [7, 11) is 3.20. The van der Waals surface area contributed by atoms with Crippen LogP contribution in [0, 0.1) is 0 Å². The lowest BCUT2D eigenvalue weighted by Crippen LogP contribution is -2.27. The van der Waals surface area contributed by atoms with Gasteiger partial charge in [0.15, 0.2) is 11.5 Å². The normalized spacial score (nSPS) is 9.56. The molecule has 1 heterocycles. The highest BCUT2D eigenvalue weighted by Crippen LogP contribution is 2.33. The van der Waals surface area contributed by atoms with Crippen molar-refractivity contribution in [2.24, 2.45) is 5.73 Å². The largest absolute Gasteiger partial charge is 0.493 e. The molecule has 1 aromatic heterocycles. The Morgan fingerprint density at radius 2 is 1.96 bits per heavy atom. The van der Waals surface area contributed by atoms with Gasteiger partial charge in [-0.05, 0) is 31.2 Å². The Labute approximate surface area is 163 Å². The van der Waals surface area contributed by atoms with Crippen LogP contribution in [0.4, 0.5) is 0 Å². The maximum Gasteiger partial charge on any atom is 0.226 e. The first-order chi connectivity index (χ1) is 11.2. The predicted octanol–water partition coefficient (Wildman–Crippen LogP) is 2.68. The first-order valence-electron chi connectivity index (χ1n) is 7.31. The van der Waals surface area contributed by atoms with Crippen molar-refractivity contribution in [1.29, 1.82) is 0 Å². The molecule has 0 atom stereocenters. The Morgan fingerprint density at radius 3 is 2.60 bits per heavy atom. The zero-order valence-corrected chi connectivity index (χ0v) is 16.6. The Balaban J connectivity index is 0.00000288. The van der Waals surface area contributed by atoms with Crippen LogP contribution in [-0.2, 0) is 11.2 Å². The van der Waals surface area contributed by atoms with E-state index < -0.39 is 0 Å². The second-order valence-corrected chi connectivity index (χ2v) is 5.74. The van der Waals surface area contributed by atoms with Crippen molar-refractivity contribution in [3.8, 4) is 22.1 Å². The number of methoxy groups -OCH3 is 2. The van der Waals surface area contributed by atoms with E-state index in [4.69, 9.17) is 15.2 Å². The van der Waals surface area contributed by atoms with Crippen molar-refractivity contribution in [3.05, 3.63) is 29.3 Å². The fraction of sp³-hybridized carbons (Fsp3) is 0.375. The average Bonchev–Trinajstić information content (AvgIpc) is 3.02. The number of carbonyl (C=O) groups excluding carboxylic acids is 1. The molecular weight excluding hydrogens is 385 g/mol. The van der Waals surface area contributed by atoms with Crippen LogP contribution in [0.5, 0.6) is 11.5 Å². The van der Waals surface area contributed by atoms with Gasteiger partial charge in [-0.2, -0.15) is 0 Å².